The van der Waals surface area contributed by atoms with Crippen LogP contribution in [0.3, 0.4) is 0 Å². The van der Waals surface area contributed by atoms with Crippen molar-refractivity contribution < 1.29 is 42.1 Å². The zero-order valence-electron chi connectivity index (χ0n) is 8.85. The fourth-order valence-corrected chi connectivity index (χ4v) is 1.48. The van der Waals surface area contributed by atoms with Crippen LogP contribution < -0.4 is 0 Å². The minimum Gasteiger partial charge on any atom is -0.198 e. The quantitative estimate of drug-likeness (QED) is 0.487. The predicted molar refractivity (Wildman–Crippen MR) is 65.7 cm³/mol. The van der Waals surface area contributed by atoms with E-state index in [2.05, 4.69) is 25.1 Å². The van der Waals surface area contributed by atoms with Gasteiger partial charge in [-0.2, -0.15) is 54.4 Å². The van der Waals surface area contributed by atoms with E-state index in [0.29, 0.717) is 0 Å². The topological polar surface area (TPSA) is 0 Å². The van der Waals surface area contributed by atoms with E-state index in [9.17, 15) is 0 Å². The van der Waals surface area contributed by atoms with Gasteiger partial charge in [-0.15, -0.1) is 17.7 Å². The molecule has 0 spiro atoms. The van der Waals surface area contributed by atoms with Crippen LogP contribution in [0, 0.1) is 13.0 Å². The van der Waals surface area contributed by atoms with Gasteiger partial charge in [-0.25, -0.2) is 0 Å². The summed E-state index contributed by atoms with van der Waals surface area (Å²) in [5.41, 5.74) is 3.59. The molecule has 0 unspecified atom stereocenters. The van der Waals surface area contributed by atoms with Crippen molar-refractivity contribution in [2.45, 2.75) is 13.8 Å². The molecule has 2 aromatic rings. The van der Waals surface area contributed by atoms with Crippen LogP contribution in [0.5, 0.6) is 0 Å². The van der Waals surface area contributed by atoms with E-state index in [0.717, 1.165) is 12.0 Å². The number of hydrogen-bond donors (Lipinski definition) is 0. The van der Waals surface area contributed by atoms with E-state index >= 15 is 0 Å². The van der Waals surface area contributed by atoms with E-state index in [4.69, 9.17) is 0 Å². The molecular weight excluding hydrogens is 548 g/mol. The van der Waals surface area contributed by atoms with Crippen LogP contribution in [0.15, 0.2) is 48.5 Å². The summed E-state index contributed by atoms with van der Waals surface area (Å²) >= 11 is 0. The third kappa shape index (κ3) is 5.71. The second-order valence-corrected chi connectivity index (χ2v) is 3.33. The molecule has 0 saturated carbocycles. The van der Waals surface area contributed by atoms with Crippen molar-refractivity contribution in [2.24, 2.45) is 0 Å². The van der Waals surface area contributed by atoms with E-state index < -0.39 is 0 Å². The van der Waals surface area contributed by atoms with Gasteiger partial charge in [-0.05, 0) is 0 Å². The third-order valence-corrected chi connectivity index (χ3v) is 2.27. The van der Waals surface area contributed by atoms with Gasteiger partial charge in [-0.1, -0.05) is 19.9 Å². The van der Waals surface area contributed by atoms with Gasteiger partial charge in [0.15, 0.2) is 0 Å². The molecule has 0 heterocycles. The van der Waals surface area contributed by atoms with E-state index in [1.165, 1.54) is 11.1 Å². The zero-order valence-corrected chi connectivity index (χ0v) is 14.7. The van der Waals surface area contributed by atoms with E-state index in [-0.39, 0.29) is 49.6 Å². The summed E-state index contributed by atoms with van der Waals surface area (Å²) in [6.45, 7) is 4.00. The molecule has 0 amide bonds. The Morgan fingerprint density at radius 2 is 1.65 bits per heavy atom. The van der Waals surface area contributed by atoms with Crippen molar-refractivity contribution in [3.8, 4) is 0 Å². The molecule has 0 aliphatic rings. The SMILES string of the molecule is C.[CH2-]c1ccccc1Cc1[c-]cccc1.[W+2].[W]. The molecule has 2 heteroatoms. The standard InChI is InChI=1S/C14H12.CH4.2W/c1-12-7-5-6-10-14(12)11-13-8-3-2-4-9-13;;;/h2-8,10H,1,11H2;1H4;;/q-2;;;+2. The van der Waals surface area contributed by atoms with Crippen LogP contribution in [0.4, 0.5) is 0 Å². The largest absolute Gasteiger partial charge is 2.00 e. The Bertz CT molecular complexity index is 410. The molecule has 0 N–H and O–H groups in total. The summed E-state index contributed by atoms with van der Waals surface area (Å²) in [4.78, 5) is 0. The molecule has 0 atom stereocenters. The molecule has 0 bridgehead atoms. The first-order valence-corrected chi connectivity index (χ1v) is 4.72. The molecular formula is C15H16W2. The molecule has 0 radical (unpaired) electrons. The van der Waals surface area contributed by atoms with Crippen LogP contribution in [0.25, 0.3) is 0 Å². The minimum atomic E-state index is 0. The van der Waals surface area contributed by atoms with Crippen molar-refractivity contribution >= 4 is 0 Å². The maximum atomic E-state index is 4.00. The van der Waals surface area contributed by atoms with Crippen molar-refractivity contribution in [1.82, 2.24) is 0 Å². The molecule has 2 aromatic carbocycles. The molecule has 0 aliphatic heterocycles. The summed E-state index contributed by atoms with van der Waals surface area (Å²) in [5, 5.41) is 0. The number of benzene rings is 2. The third-order valence-electron chi connectivity index (χ3n) is 2.27. The Hall–Kier alpha value is -0.313. The Labute approximate surface area is 133 Å². The van der Waals surface area contributed by atoms with E-state index in [1.54, 1.807) is 0 Å². The van der Waals surface area contributed by atoms with Crippen molar-refractivity contribution in [3.05, 3.63) is 78.2 Å². The summed E-state index contributed by atoms with van der Waals surface area (Å²) < 4.78 is 0. The number of hydrogen-bond acceptors (Lipinski definition) is 0. The predicted octanol–water partition coefficient (Wildman–Crippen LogP) is 3.89. The smallest absolute Gasteiger partial charge is 0.198 e. The van der Waals surface area contributed by atoms with Gasteiger partial charge in [0.1, 0.15) is 0 Å². The minimum absolute atomic E-state index is 0. The molecule has 17 heavy (non-hydrogen) atoms. The van der Waals surface area contributed by atoms with Gasteiger partial charge in [0, 0.05) is 21.1 Å². The second kappa shape index (κ2) is 9.69. The van der Waals surface area contributed by atoms with Gasteiger partial charge in [0.25, 0.3) is 0 Å². The summed E-state index contributed by atoms with van der Waals surface area (Å²) in [6.07, 6.45) is 0.917. The van der Waals surface area contributed by atoms with Crippen molar-refractivity contribution in [2.75, 3.05) is 0 Å². The first-order valence-electron chi connectivity index (χ1n) is 4.72. The van der Waals surface area contributed by atoms with Gasteiger partial charge in [0.2, 0.25) is 0 Å². The molecule has 88 valence electrons. The van der Waals surface area contributed by atoms with Gasteiger partial charge < -0.3 is 0 Å². The van der Waals surface area contributed by atoms with Crippen LogP contribution in [0.2, 0.25) is 0 Å². The zero-order chi connectivity index (χ0) is 9.80. The molecule has 0 fully saturated rings. The molecule has 0 saturated heterocycles. The summed E-state index contributed by atoms with van der Waals surface area (Å²) in [7, 11) is 0. The van der Waals surface area contributed by atoms with Crippen LogP contribution in [-0.2, 0) is 48.6 Å². The van der Waals surface area contributed by atoms with Crippen LogP contribution in [-0.4, -0.2) is 0 Å². The summed E-state index contributed by atoms with van der Waals surface area (Å²) in [6, 6.07) is 19.5. The van der Waals surface area contributed by atoms with Gasteiger partial charge >= 0.3 is 21.1 Å². The average molecular weight is 564 g/mol. The fourth-order valence-electron chi connectivity index (χ4n) is 1.48. The molecule has 0 aliphatic carbocycles. The Balaban J connectivity index is 0. The second-order valence-electron chi connectivity index (χ2n) is 3.33. The number of rotatable bonds is 2. The van der Waals surface area contributed by atoms with Crippen LogP contribution in [0.1, 0.15) is 24.1 Å². The van der Waals surface area contributed by atoms with Crippen LogP contribution >= 0.6 is 0 Å². The molecule has 2 rings (SSSR count). The van der Waals surface area contributed by atoms with Crippen molar-refractivity contribution in [3.63, 3.8) is 0 Å². The first-order chi connectivity index (χ1) is 6.86. The molecule has 0 nitrogen and oxygen atoms in total. The van der Waals surface area contributed by atoms with E-state index in [1.807, 2.05) is 36.4 Å². The Morgan fingerprint density at radius 3 is 2.24 bits per heavy atom. The Kier molecular flexibility index (Phi) is 10.9. The molecule has 0 aromatic heterocycles. The average Bonchev–Trinajstić information content (AvgIpc) is 2.23. The monoisotopic (exact) mass is 564 g/mol. The summed E-state index contributed by atoms with van der Waals surface area (Å²) in [5.74, 6) is 0. The fraction of sp³-hybridized carbons (Fsp3) is 0.133. The first kappa shape index (κ1) is 19.0. The van der Waals surface area contributed by atoms with Crippen molar-refractivity contribution in [1.29, 1.82) is 0 Å². The normalized spacial score (nSPS) is 8.24. The van der Waals surface area contributed by atoms with Gasteiger partial charge in [0.05, 0.1) is 0 Å². The van der Waals surface area contributed by atoms with Gasteiger partial charge in [-0.3, -0.25) is 0 Å². The Morgan fingerprint density at radius 1 is 1.00 bits per heavy atom. The maximum Gasteiger partial charge on any atom is 2.00 e. The maximum absolute atomic E-state index is 4.00.